The molecule has 0 aromatic heterocycles. The van der Waals surface area contributed by atoms with E-state index in [0.717, 1.165) is 6.54 Å². The minimum atomic E-state index is -0.223. The molecule has 2 N–H and O–H groups in total. The van der Waals surface area contributed by atoms with Gasteiger partial charge in [-0.25, -0.2) is 4.39 Å². The SMILES string of the molecule is COc1ccc(C2CN(C)C(CN)c3ccccc32)c(F)c1. The minimum Gasteiger partial charge on any atom is -0.497 e. The van der Waals surface area contributed by atoms with E-state index in [9.17, 15) is 4.39 Å². The molecule has 116 valence electrons. The fourth-order valence-electron chi connectivity index (χ4n) is 3.37. The van der Waals surface area contributed by atoms with Crippen LogP contribution in [0.15, 0.2) is 42.5 Å². The van der Waals surface area contributed by atoms with Crippen LogP contribution in [0.4, 0.5) is 4.39 Å². The van der Waals surface area contributed by atoms with Crippen LogP contribution in [-0.2, 0) is 0 Å². The van der Waals surface area contributed by atoms with Gasteiger partial charge in [-0.05, 0) is 29.8 Å². The molecule has 0 saturated heterocycles. The van der Waals surface area contributed by atoms with Crippen molar-refractivity contribution in [1.29, 1.82) is 0 Å². The van der Waals surface area contributed by atoms with Crippen molar-refractivity contribution in [3.63, 3.8) is 0 Å². The van der Waals surface area contributed by atoms with Gasteiger partial charge in [0, 0.05) is 31.1 Å². The maximum absolute atomic E-state index is 14.5. The number of benzene rings is 2. The first-order valence-corrected chi connectivity index (χ1v) is 7.48. The van der Waals surface area contributed by atoms with Crippen molar-refractivity contribution >= 4 is 0 Å². The van der Waals surface area contributed by atoms with Crippen molar-refractivity contribution in [2.75, 3.05) is 27.2 Å². The maximum atomic E-state index is 14.5. The molecule has 0 amide bonds. The van der Waals surface area contributed by atoms with Crippen LogP contribution in [0.25, 0.3) is 0 Å². The zero-order valence-corrected chi connectivity index (χ0v) is 12.9. The first-order valence-electron chi connectivity index (χ1n) is 7.48. The molecule has 0 radical (unpaired) electrons. The fourth-order valence-corrected chi connectivity index (χ4v) is 3.37. The highest BCUT2D eigenvalue weighted by Gasteiger charge is 2.32. The van der Waals surface area contributed by atoms with E-state index in [2.05, 4.69) is 17.0 Å². The van der Waals surface area contributed by atoms with Gasteiger partial charge in [-0.15, -0.1) is 0 Å². The molecule has 2 aromatic carbocycles. The zero-order valence-electron chi connectivity index (χ0n) is 12.9. The number of nitrogens with zero attached hydrogens (tertiary/aromatic N) is 1. The van der Waals surface area contributed by atoms with Gasteiger partial charge in [0.25, 0.3) is 0 Å². The Morgan fingerprint density at radius 1 is 1.18 bits per heavy atom. The van der Waals surface area contributed by atoms with E-state index in [4.69, 9.17) is 10.5 Å². The highest BCUT2D eigenvalue weighted by Crippen LogP contribution is 2.39. The van der Waals surface area contributed by atoms with Crippen LogP contribution in [0.2, 0.25) is 0 Å². The summed E-state index contributed by atoms with van der Waals surface area (Å²) in [7, 11) is 3.59. The molecule has 0 spiro atoms. The molecule has 3 rings (SSSR count). The van der Waals surface area contributed by atoms with E-state index < -0.39 is 0 Å². The summed E-state index contributed by atoms with van der Waals surface area (Å²) < 4.78 is 19.6. The minimum absolute atomic E-state index is 0.00917. The van der Waals surface area contributed by atoms with Crippen LogP contribution in [0.3, 0.4) is 0 Å². The number of methoxy groups -OCH3 is 1. The molecule has 0 fully saturated rings. The molecule has 1 heterocycles. The van der Waals surface area contributed by atoms with E-state index in [0.29, 0.717) is 17.9 Å². The quantitative estimate of drug-likeness (QED) is 0.947. The van der Waals surface area contributed by atoms with Crippen LogP contribution in [-0.4, -0.2) is 32.1 Å². The van der Waals surface area contributed by atoms with E-state index in [-0.39, 0.29) is 17.8 Å². The predicted octanol–water partition coefficient (Wildman–Crippen LogP) is 2.91. The molecular formula is C18H21FN2O. The lowest BCUT2D eigenvalue weighted by Gasteiger charge is -2.39. The van der Waals surface area contributed by atoms with Crippen molar-refractivity contribution in [1.82, 2.24) is 4.90 Å². The molecule has 1 aliphatic rings. The van der Waals surface area contributed by atoms with Gasteiger partial charge in [0.2, 0.25) is 0 Å². The van der Waals surface area contributed by atoms with Crippen LogP contribution in [0.1, 0.15) is 28.7 Å². The largest absolute Gasteiger partial charge is 0.497 e. The summed E-state index contributed by atoms with van der Waals surface area (Å²) in [5.41, 5.74) is 8.99. The number of ether oxygens (including phenoxy) is 1. The lowest BCUT2D eigenvalue weighted by Crippen LogP contribution is -2.39. The smallest absolute Gasteiger partial charge is 0.130 e. The summed E-state index contributed by atoms with van der Waals surface area (Å²) >= 11 is 0. The summed E-state index contributed by atoms with van der Waals surface area (Å²) in [6.45, 7) is 1.31. The summed E-state index contributed by atoms with van der Waals surface area (Å²) in [5.74, 6) is 0.326. The van der Waals surface area contributed by atoms with E-state index in [1.165, 1.54) is 17.2 Å². The topological polar surface area (TPSA) is 38.5 Å². The second-order valence-electron chi connectivity index (χ2n) is 5.76. The molecule has 2 aromatic rings. The molecular weight excluding hydrogens is 279 g/mol. The van der Waals surface area contributed by atoms with Crippen molar-refractivity contribution in [3.05, 3.63) is 65.0 Å². The number of rotatable bonds is 3. The lowest BCUT2D eigenvalue weighted by atomic mass is 9.81. The molecule has 0 saturated carbocycles. The molecule has 1 aliphatic heterocycles. The average Bonchev–Trinajstić information content (AvgIpc) is 2.54. The Bertz CT molecular complexity index is 674. The van der Waals surface area contributed by atoms with Gasteiger partial charge in [-0.1, -0.05) is 30.3 Å². The Morgan fingerprint density at radius 2 is 1.91 bits per heavy atom. The summed E-state index contributed by atoms with van der Waals surface area (Å²) in [6.07, 6.45) is 0. The normalized spacial score (nSPS) is 21.5. The van der Waals surface area contributed by atoms with Gasteiger partial charge in [0.15, 0.2) is 0 Å². The fraction of sp³-hybridized carbons (Fsp3) is 0.333. The van der Waals surface area contributed by atoms with E-state index in [1.54, 1.807) is 7.11 Å². The standard InChI is InChI=1S/C18H21FN2O/c1-21-11-16(14-8-7-12(22-2)9-17(14)19)13-5-3-4-6-15(13)18(21)10-20/h3-9,16,18H,10-11,20H2,1-2H3. The Morgan fingerprint density at radius 3 is 2.55 bits per heavy atom. The number of nitrogens with two attached hydrogens (primary N) is 1. The average molecular weight is 300 g/mol. The first kappa shape index (κ1) is 15.0. The van der Waals surface area contributed by atoms with E-state index >= 15 is 0 Å². The Hall–Kier alpha value is -1.91. The first-order chi connectivity index (χ1) is 10.7. The van der Waals surface area contributed by atoms with Gasteiger partial charge >= 0.3 is 0 Å². The maximum Gasteiger partial charge on any atom is 0.130 e. The molecule has 2 unspecified atom stereocenters. The molecule has 4 heteroatoms. The van der Waals surface area contributed by atoms with Crippen molar-refractivity contribution in [3.8, 4) is 5.75 Å². The van der Waals surface area contributed by atoms with Crippen LogP contribution in [0, 0.1) is 5.82 Å². The van der Waals surface area contributed by atoms with Crippen LogP contribution >= 0.6 is 0 Å². The van der Waals surface area contributed by atoms with Crippen LogP contribution in [0.5, 0.6) is 5.75 Å². The molecule has 3 nitrogen and oxygen atoms in total. The van der Waals surface area contributed by atoms with Gasteiger partial charge in [0.05, 0.1) is 7.11 Å². The summed E-state index contributed by atoms with van der Waals surface area (Å²) in [5, 5.41) is 0. The third-order valence-corrected chi connectivity index (χ3v) is 4.54. The number of fused-ring (bicyclic) bond motifs is 1. The second kappa shape index (κ2) is 6.07. The van der Waals surface area contributed by atoms with Gasteiger partial charge in [0.1, 0.15) is 11.6 Å². The number of halogens is 1. The summed E-state index contributed by atoms with van der Waals surface area (Å²) in [6, 6.07) is 13.5. The van der Waals surface area contributed by atoms with Crippen LogP contribution < -0.4 is 10.5 Å². The van der Waals surface area contributed by atoms with Gasteiger partial charge < -0.3 is 10.5 Å². The summed E-state index contributed by atoms with van der Waals surface area (Å²) in [4.78, 5) is 2.21. The van der Waals surface area contributed by atoms with Crippen molar-refractivity contribution in [2.45, 2.75) is 12.0 Å². The lowest BCUT2D eigenvalue weighted by molar-refractivity contribution is 0.222. The number of likely N-dealkylation sites (N-methyl/N-ethyl adjacent to an activating group) is 1. The second-order valence-corrected chi connectivity index (χ2v) is 5.76. The predicted molar refractivity (Wildman–Crippen MR) is 85.7 cm³/mol. The molecule has 22 heavy (non-hydrogen) atoms. The van der Waals surface area contributed by atoms with Gasteiger partial charge in [-0.2, -0.15) is 0 Å². The Labute approximate surface area is 130 Å². The van der Waals surface area contributed by atoms with Crippen molar-refractivity contribution < 1.29 is 9.13 Å². The molecule has 0 aliphatic carbocycles. The molecule has 0 bridgehead atoms. The highest BCUT2D eigenvalue weighted by molar-refractivity contribution is 5.44. The third kappa shape index (κ3) is 2.49. The third-order valence-electron chi connectivity index (χ3n) is 4.54. The Balaban J connectivity index is 2.08. The van der Waals surface area contributed by atoms with E-state index in [1.807, 2.05) is 31.3 Å². The van der Waals surface area contributed by atoms with Crippen molar-refractivity contribution in [2.24, 2.45) is 5.73 Å². The Kier molecular flexibility index (Phi) is 4.14. The number of hydrogen-bond acceptors (Lipinski definition) is 3. The monoisotopic (exact) mass is 300 g/mol. The molecule has 2 atom stereocenters. The highest BCUT2D eigenvalue weighted by atomic mass is 19.1. The zero-order chi connectivity index (χ0) is 15.7. The van der Waals surface area contributed by atoms with Gasteiger partial charge in [-0.3, -0.25) is 4.90 Å². The number of hydrogen-bond donors (Lipinski definition) is 1.